The van der Waals surface area contributed by atoms with Crippen LogP contribution in [0.2, 0.25) is 0 Å². The summed E-state index contributed by atoms with van der Waals surface area (Å²) in [5.41, 5.74) is 13.1. The molecule has 0 radical (unpaired) electrons. The first-order valence-corrected chi connectivity index (χ1v) is 21.1. The van der Waals surface area contributed by atoms with Gasteiger partial charge in [-0.05, 0) is 63.7 Å². The van der Waals surface area contributed by atoms with Crippen molar-refractivity contribution in [2.45, 2.75) is 15.2 Å². The average Bonchev–Trinajstić information content (AvgIpc) is 3.95. The van der Waals surface area contributed by atoms with Crippen molar-refractivity contribution in [2.24, 2.45) is 0 Å². The van der Waals surface area contributed by atoms with E-state index in [1.54, 1.807) is 0 Å². The molecule has 11 aromatic rings. The highest BCUT2D eigenvalue weighted by molar-refractivity contribution is 7.99. The minimum atomic E-state index is -0.552. The van der Waals surface area contributed by atoms with Crippen molar-refractivity contribution in [2.75, 3.05) is 0 Å². The summed E-state index contributed by atoms with van der Waals surface area (Å²) in [7, 11) is 0. The van der Waals surface area contributed by atoms with Crippen molar-refractivity contribution >= 4 is 44.6 Å². The molecule has 1 aliphatic heterocycles. The van der Waals surface area contributed by atoms with Crippen LogP contribution in [0.3, 0.4) is 0 Å². The highest BCUT2D eigenvalue weighted by atomic mass is 32.2. The van der Waals surface area contributed by atoms with Crippen LogP contribution in [0.5, 0.6) is 0 Å². The van der Waals surface area contributed by atoms with Crippen LogP contribution in [0.25, 0.3) is 78.4 Å². The molecule has 0 saturated heterocycles. The van der Waals surface area contributed by atoms with Gasteiger partial charge in [-0.25, -0.2) is 4.98 Å². The summed E-state index contributed by atoms with van der Waals surface area (Å²) in [4.78, 5) is 18.6. The SMILES string of the molecule is c1ccc(-c2nc(-c3ccc4c(c3)C(c3ccccc3)(c3ccccc3)c3ccccc3-4)nc(-n3c4ccccc4c4c5cccc6c5n(c43)-c3ccccc3S6)n2)cc1. The van der Waals surface area contributed by atoms with Gasteiger partial charge in [-0.3, -0.25) is 9.13 Å². The zero-order valence-corrected chi connectivity index (χ0v) is 33.0. The van der Waals surface area contributed by atoms with Crippen molar-refractivity contribution in [3.8, 4) is 45.5 Å². The van der Waals surface area contributed by atoms with E-state index < -0.39 is 5.41 Å². The van der Waals surface area contributed by atoms with Crippen LogP contribution in [-0.4, -0.2) is 24.1 Å². The summed E-state index contributed by atoms with van der Waals surface area (Å²) in [5, 5.41) is 3.56. The van der Waals surface area contributed by atoms with Crippen molar-refractivity contribution in [1.82, 2.24) is 24.1 Å². The van der Waals surface area contributed by atoms with Gasteiger partial charge in [-0.1, -0.05) is 182 Å². The maximum atomic E-state index is 5.50. The standard InChI is InChI=1S/C54H33N5S/c1-4-17-34(18-5-1)50-55-51(35-31-32-39-38-23-10-12-26-42(38)54(43(39)33-35,36-19-6-2-7-20-36)37-21-8-3-9-22-37)57-53(56-50)59-44-27-13-11-24-40(44)48-41-25-16-30-47-49(41)58(52(48)59)45-28-14-15-29-46(45)60-47/h1-33H. The molecule has 3 aromatic heterocycles. The minimum absolute atomic E-state index is 0.552. The molecule has 8 aromatic carbocycles. The molecule has 0 saturated carbocycles. The lowest BCUT2D eigenvalue weighted by atomic mass is 9.67. The largest absolute Gasteiger partial charge is 0.293 e. The Morgan fingerprint density at radius 3 is 1.85 bits per heavy atom. The minimum Gasteiger partial charge on any atom is -0.293 e. The van der Waals surface area contributed by atoms with Gasteiger partial charge in [0, 0.05) is 37.1 Å². The van der Waals surface area contributed by atoms with E-state index in [0.717, 1.165) is 33.4 Å². The van der Waals surface area contributed by atoms with E-state index in [4.69, 9.17) is 15.0 Å². The molecular weight excluding hydrogens is 751 g/mol. The smallest absolute Gasteiger partial charge is 0.239 e. The van der Waals surface area contributed by atoms with Gasteiger partial charge in [0.1, 0.15) is 5.65 Å². The van der Waals surface area contributed by atoms with Crippen LogP contribution in [0.4, 0.5) is 0 Å². The van der Waals surface area contributed by atoms with Gasteiger partial charge >= 0.3 is 0 Å². The Labute approximate surface area is 350 Å². The predicted molar refractivity (Wildman–Crippen MR) is 243 cm³/mol. The summed E-state index contributed by atoms with van der Waals surface area (Å²) in [6.07, 6.45) is 0. The van der Waals surface area contributed by atoms with E-state index in [9.17, 15) is 0 Å². The Balaban J connectivity index is 1.12. The molecule has 0 atom stereocenters. The number of hydrogen-bond acceptors (Lipinski definition) is 4. The maximum absolute atomic E-state index is 5.50. The lowest BCUT2D eigenvalue weighted by Crippen LogP contribution is -2.28. The topological polar surface area (TPSA) is 48.5 Å². The number of benzene rings is 8. The van der Waals surface area contributed by atoms with Crippen LogP contribution >= 0.6 is 11.8 Å². The summed E-state index contributed by atoms with van der Waals surface area (Å²) >= 11 is 1.83. The van der Waals surface area contributed by atoms with E-state index >= 15 is 0 Å². The Bertz CT molecular complexity index is 3480. The van der Waals surface area contributed by atoms with Gasteiger partial charge in [0.05, 0.1) is 22.1 Å². The molecule has 0 fully saturated rings. The molecule has 5 nitrogen and oxygen atoms in total. The van der Waals surface area contributed by atoms with Crippen molar-refractivity contribution < 1.29 is 0 Å². The predicted octanol–water partition coefficient (Wildman–Crippen LogP) is 13.1. The van der Waals surface area contributed by atoms with Crippen LogP contribution in [0.1, 0.15) is 22.3 Å². The molecule has 0 amide bonds. The van der Waals surface area contributed by atoms with Gasteiger partial charge < -0.3 is 0 Å². The number of aromatic nitrogens is 5. The molecule has 60 heavy (non-hydrogen) atoms. The van der Waals surface area contributed by atoms with Crippen LogP contribution in [0.15, 0.2) is 210 Å². The fourth-order valence-electron chi connectivity index (χ4n) is 10.0. The quantitative estimate of drug-likeness (QED) is 0.174. The van der Waals surface area contributed by atoms with Gasteiger partial charge in [-0.2, -0.15) is 9.97 Å². The van der Waals surface area contributed by atoms with Gasteiger partial charge in [0.15, 0.2) is 11.6 Å². The molecule has 0 unspecified atom stereocenters. The van der Waals surface area contributed by atoms with E-state index in [-0.39, 0.29) is 0 Å². The molecule has 6 heteroatoms. The van der Waals surface area contributed by atoms with Crippen molar-refractivity contribution in [1.29, 1.82) is 0 Å². The molecule has 13 rings (SSSR count). The van der Waals surface area contributed by atoms with Gasteiger partial charge in [-0.15, -0.1) is 0 Å². The fraction of sp³-hybridized carbons (Fsp3) is 0.0185. The monoisotopic (exact) mass is 783 g/mol. The Morgan fingerprint density at radius 1 is 0.433 bits per heavy atom. The second-order valence-corrected chi connectivity index (χ2v) is 16.6. The first kappa shape index (κ1) is 33.4. The maximum Gasteiger partial charge on any atom is 0.239 e. The number of rotatable bonds is 5. The first-order chi connectivity index (χ1) is 29.8. The normalized spacial score (nSPS) is 13.4. The second kappa shape index (κ2) is 12.7. The van der Waals surface area contributed by atoms with Crippen molar-refractivity contribution in [3.63, 3.8) is 0 Å². The molecule has 0 bridgehead atoms. The fourth-order valence-corrected chi connectivity index (χ4v) is 11.1. The number of para-hydroxylation sites is 3. The molecule has 1 aliphatic carbocycles. The Kier molecular flexibility index (Phi) is 7.09. The summed E-state index contributed by atoms with van der Waals surface area (Å²) in [6, 6.07) is 71.8. The molecule has 4 heterocycles. The first-order valence-electron chi connectivity index (χ1n) is 20.3. The van der Waals surface area contributed by atoms with E-state index in [1.165, 1.54) is 59.5 Å². The molecular formula is C54H33N5S. The second-order valence-electron chi connectivity index (χ2n) is 15.5. The summed E-state index contributed by atoms with van der Waals surface area (Å²) < 4.78 is 4.69. The van der Waals surface area contributed by atoms with E-state index in [2.05, 4.69) is 191 Å². The molecule has 0 N–H and O–H groups in total. The van der Waals surface area contributed by atoms with E-state index in [0.29, 0.717) is 17.6 Å². The van der Waals surface area contributed by atoms with Crippen molar-refractivity contribution in [3.05, 3.63) is 222 Å². The summed E-state index contributed by atoms with van der Waals surface area (Å²) in [5.74, 6) is 1.81. The zero-order valence-electron chi connectivity index (χ0n) is 32.2. The van der Waals surface area contributed by atoms with Gasteiger partial charge in [0.2, 0.25) is 5.95 Å². The van der Waals surface area contributed by atoms with Crippen LogP contribution in [-0.2, 0) is 5.41 Å². The van der Waals surface area contributed by atoms with Crippen LogP contribution in [0, 0.1) is 0 Å². The zero-order chi connectivity index (χ0) is 39.4. The average molecular weight is 784 g/mol. The molecule has 0 spiro atoms. The third-order valence-electron chi connectivity index (χ3n) is 12.5. The van der Waals surface area contributed by atoms with Gasteiger partial charge in [0.25, 0.3) is 0 Å². The van der Waals surface area contributed by atoms with E-state index in [1.807, 2.05) is 30.0 Å². The Hall–Kier alpha value is -7.54. The Morgan fingerprint density at radius 2 is 1.05 bits per heavy atom. The number of hydrogen-bond donors (Lipinski definition) is 0. The molecule has 2 aliphatic rings. The lowest BCUT2D eigenvalue weighted by molar-refractivity contribution is 0.768. The highest BCUT2D eigenvalue weighted by Crippen LogP contribution is 2.57. The number of fused-ring (bicyclic) bond motifs is 10. The third kappa shape index (κ3) is 4.56. The number of nitrogens with zero attached hydrogens (tertiary/aromatic N) is 5. The lowest BCUT2D eigenvalue weighted by Gasteiger charge is -2.34. The third-order valence-corrected chi connectivity index (χ3v) is 13.6. The van der Waals surface area contributed by atoms with Crippen LogP contribution < -0.4 is 0 Å². The molecule has 280 valence electrons. The summed E-state index contributed by atoms with van der Waals surface area (Å²) in [6.45, 7) is 0. The highest BCUT2D eigenvalue weighted by Gasteiger charge is 2.46.